The number of nitrogens with zero attached hydrogens (tertiary/aromatic N) is 3. The van der Waals surface area contributed by atoms with Crippen molar-refractivity contribution in [2.45, 2.75) is 25.8 Å². The summed E-state index contributed by atoms with van der Waals surface area (Å²) in [5.74, 6) is 0.590. The Kier molecular flexibility index (Phi) is 3.44. The van der Waals surface area contributed by atoms with E-state index in [1.807, 2.05) is 39.9 Å². The van der Waals surface area contributed by atoms with Crippen molar-refractivity contribution in [2.75, 3.05) is 13.1 Å². The summed E-state index contributed by atoms with van der Waals surface area (Å²) in [6.45, 7) is 3.53. The highest BCUT2D eigenvalue weighted by molar-refractivity contribution is 5.79. The Bertz CT molecular complexity index is 588. The molecule has 0 saturated carbocycles. The number of pyridine rings is 1. The fourth-order valence-corrected chi connectivity index (χ4v) is 2.99. The Morgan fingerprint density at radius 2 is 2.35 bits per heavy atom. The van der Waals surface area contributed by atoms with Crippen LogP contribution in [0.1, 0.15) is 19.0 Å². The minimum absolute atomic E-state index is 0.150. The van der Waals surface area contributed by atoms with Gasteiger partial charge in [-0.15, -0.1) is 0 Å². The van der Waals surface area contributed by atoms with Crippen LogP contribution in [0.25, 0.3) is 5.65 Å². The summed E-state index contributed by atoms with van der Waals surface area (Å²) in [5, 5.41) is 0. The monoisotopic (exact) mass is 272 g/mol. The zero-order valence-electron chi connectivity index (χ0n) is 11.7. The van der Waals surface area contributed by atoms with E-state index in [9.17, 15) is 4.79 Å². The fourth-order valence-electron chi connectivity index (χ4n) is 2.99. The van der Waals surface area contributed by atoms with Crippen LogP contribution in [0.15, 0.2) is 30.6 Å². The molecule has 5 heteroatoms. The predicted molar refractivity (Wildman–Crippen MR) is 77.2 cm³/mol. The maximum Gasteiger partial charge on any atom is 0.228 e. The molecule has 2 N–H and O–H groups in total. The Labute approximate surface area is 118 Å². The van der Waals surface area contributed by atoms with Crippen molar-refractivity contribution in [1.82, 2.24) is 14.3 Å². The normalized spacial score (nSPS) is 22.6. The van der Waals surface area contributed by atoms with E-state index >= 15 is 0 Å². The molecule has 1 aliphatic heterocycles. The largest absolute Gasteiger partial charge is 0.339 e. The number of rotatable bonds is 3. The molecule has 1 fully saturated rings. The third-order valence-corrected chi connectivity index (χ3v) is 4.06. The van der Waals surface area contributed by atoms with Gasteiger partial charge in [0.2, 0.25) is 5.91 Å². The Morgan fingerprint density at radius 1 is 1.50 bits per heavy atom. The molecule has 2 unspecified atom stereocenters. The lowest BCUT2D eigenvalue weighted by atomic mass is 10.1. The van der Waals surface area contributed by atoms with Gasteiger partial charge in [0.05, 0.1) is 12.1 Å². The summed E-state index contributed by atoms with van der Waals surface area (Å²) >= 11 is 0. The first-order valence-corrected chi connectivity index (χ1v) is 7.09. The highest BCUT2D eigenvalue weighted by Gasteiger charge is 2.31. The summed E-state index contributed by atoms with van der Waals surface area (Å²) in [7, 11) is 0. The van der Waals surface area contributed by atoms with Crippen molar-refractivity contribution >= 4 is 11.6 Å². The molecule has 3 heterocycles. The molecule has 0 radical (unpaired) electrons. The first kappa shape index (κ1) is 13.1. The molecule has 0 spiro atoms. The quantitative estimate of drug-likeness (QED) is 0.909. The van der Waals surface area contributed by atoms with Crippen LogP contribution >= 0.6 is 0 Å². The van der Waals surface area contributed by atoms with E-state index in [-0.39, 0.29) is 11.9 Å². The smallest absolute Gasteiger partial charge is 0.228 e. The maximum atomic E-state index is 12.4. The Balaban J connectivity index is 1.72. The van der Waals surface area contributed by atoms with Crippen molar-refractivity contribution in [1.29, 1.82) is 0 Å². The number of carbonyl (C=O) groups is 1. The molecule has 2 aromatic rings. The highest BCUT2D eigenvalue weighted by Crippen LogP contribution is 2.22. The zero-order chi connectivity index (χ0) is 14.1. The lowest BCUT2D eigenvalue weighted by Crippen LogP contribution is -2.35. The number of likely N-dealkylation sites (tertiary alicyclic amines) is 1. The number of hydrogen-bond donors (Lipinski definition) is 1. The number of hydrogen-bond acceptors (Lipinski definition) is 3. The van der Waals surface area contributed by atoms with Crippen LogP contribution in [0.2, 0.25) is 0 Å². The molecule has 106 valence electrons. The highest BCUT2D eigenvalue weighted by atomic mass is 16.2. The van der Waals surface area contributed by atoms with Crippen LogP contribution in [0.4, 0.5) is 0 Å². The molecule has 5 nitrogen and oxygen atoms in total. The standard InChI is InChI=1S/C15H20N4O/c1-11-6-12(8-16)9-19(11)15(20)7-13-10-18-5-3-2-4-14(18)17-13/h2-5,10-12H,6-9,16H2,1H3. The van der Waals surface area contributed by atoms with E-state index in [2.05, 4.69) is 11.9 Å². The maximum absolute atomic E-state index is 12.4. The van der Waals surface area contributed by atoms with Gasteiger partial charge in [0, 0.05) is 25.0 Å². The molecule has 2 aromatic heterocycles. The van der Waals surface area contributed by atoms with Crippen LogP contribution in [0.3, 0.4) is 0 Å². The molecule has 0 aliphatic carbocycles. The van der Waals surface area contributed by atoms with Crippen LogP contribution in [0.5, 0.6) is 0 Å². The molecule has 20 heavy (non-hydrogen) atoms. The third-order valence-electron chi connectivity index (χ3n) is 4.06. The second-order valence-corrected chi connectivity index (χ2v) is 5.61. The second kappa shape index (κ2) is 5.25. The van der Waals surface area contributed by atoms with Gasteiger partial charge in [-0.1, -0.05) is 6.07 Å². The summed E-state index contributed by atoms with van der Waals surface area (Å²) in [6, 6.07) is 6.13. The van der Waals surface area contributed by atoms with E-state index in [0.29, 0.717) is 18.9 Å². The van der Waals surface area contributed by atoms with E-state index in [4.69, 9.17) is 5.73 Å². The van der Waals surface area contributed by atoms with Crippen molar-refractivity contribution in [3.05, 3.63) is 36.3 Å². The molecule has 1 aliphatic rings. The van der Waals surface area contributed by atoms with Gasteiger partial charge in [0.1, 0.15) is 5.65 Å². The number of imidazole rings is 1. The van der Waals surface area contributed by atoms with Crippen molar-refractivity contribution < 1.29 is 4.79 Å². The first-order chi connectivity index (χ1) is 9.67. The molecular formula is C15H20N4O. The minimum atomic E-state index is 0.150. The molecule has 3 rings (SSSR count). The number of fused-ring (bicyclic) bond motifs is 1. The van der Waals surface area contributed by atoms with Crippen LogP contribution in [-0.4, -0.2) is 39.3 Å². The van der Waals surface area contributed by atoms with Crippen LogP contribution in [-0.2, 0) is 11.2 Å². The molecular weight excluding hydrogens is 252 g/mol. The predicted octanol–water partition coefficient (Wildman–Crippen LogP) is 1.07. The summed E-state index contributed by atoms with van der Waals surface area (Å²) in [4.78, 5) is 18.8. The molecule has 2 atom stereocenters. The number of nitrogens with two attached hydrogens (primary N) is 1. The minimum Gasteiger partial charge on any atom is -0.339 e. The van der Waals surface area contributed by atoms with Crippen molar-refractivity contribution in [3.63, 3.8) is 0 Å². The Hall–Kier alpha value is -1.88. The zero-order valence-corrected chi connectivity index (χ0v) is 11.7. The van der Waals surface area contributed by atoms with Gasteiger partial charge in [-0.05, 0) is 37.9 Å². The molecule has 1 saturated heterocycles. The summed E-state index contributed by atoms with van der Waals surface area (Å²) in [6.07, 6.45) is 5.24. The van der Waals surface area contributed by atoms with E-state index < -0.39 is 0 Å². The second-order valence-electron chi connectivity index (χ2n) is 5.61. The SMILES string of the molecule is CC1CC(CN)CN1C(=O)Cc1cn2ccccc2n1. The van der Waals surface area contributed by atoms with Gasteiger partial charge in [-0.25, -0.2) is 4.98 Å². The van der Waals surface area contributed by atoms with Gasteiger partial charge < -0.3 is 15.0 Å². The number of aromatic nitrogens is 2. The Morgan fingerprint density at radius 3 is 3.05 bits per heavy atom. The lowest BCUT2D eigenvalue weighted by Gasteiger charge is -2.21. The lowest BCUT2D eigenvalue weighted by molar-refractivity contribution is -0.131. The molecule has 1 amide bonds. The van der Waals surface area contributed by atoms with Crippen molar-refractivity contribution in [3.8, 4) is 0 Å². The van der Waals surface area contributed by atoms with Crippen LogP contribution < -0.4 is 5.73 Å². The topological polar surface area (TPSA) is 63.6 Å². The fraction of sp³-hybridized carbons (Fsp3) is 0.467. The summed E-state index contributed by atoms with van der Waals surface area (Å²) in [5.41, 5.74) is 7.41. The van der Waals surface area contributed by atoms with Gasteiger partial charge in [0.15, 0.2) is 0 Å². The van der Waals surface area contributed by atoms with Crippen molar-refractivity contribution in [2.24, 2.45) is 11.7 Å². The van der Waals surface area contributed by atoms with Gasteiger partial charge in [0.25, 0.3) is 0 Å². The van der Waals surface area contributed by atoms with Crippen LogP contribution in [0, 0.1) is 5.92 Å². The first-order valence-electron chi connectivity index (χ1n) is 7.09. The molecule has 0 bridgehead atoms. The third kappa shape index (κ3) is 2.41. The van der Waals surface area contributed by atoms with E-state index in [1.165, 1.54) is 0 Å². The average Bonchev–Trinajstić information content (AvgIpc) is 3.01. The molecule has 0 aromatic carbocycles. The summed E-state index contributed by atoms with van der Waals surface area (Å²) < 4.78 is 1.94. The van der Waals surface area contributed by atoms with Gasteiger partial charge in [-0.2, -0.15) is 0 Å². The number of amides is 1. The van der Waals surface area contributed by atoms with Gasteiger partial charge >= 0.3 is 0 Å². The van der Waals surface area contributed by atoms with E-state index in [1.54, 1.807) is 0 Å². The number of carbonyl (C=O) groups excluding carboxylic acids is 1. The van der Waals surface area contributed by atoms with Gasteiger partial charge in [-0.3, -0.25) is 4.79 Å². The van der Waals surface area contributed by atoms with E-state index in [0.717, 1.165) is 24.3 Å². The average molecular weight is 272 g/mol.